The number of hydrogen-bond acceptors (Lipinski definition) is 11. The van der Waals surface area contributed by atoms with Crippen molar-refractivity contribution in [3.05, 3.63) is 81.2 Å². The van der Waals surface area contributed by atoms with E-state index < -0.39 is 26.1 Å². The van der Waals surface area contributed by atoms with Crippen LogP contribution in [0.15, 0.2) is 51.7 Å². The van der Waals surface area contributed by atoms with E-state index in [-0.39, 0.29) is 21.1 Å². The Morgan fingerprint density at radius 1 is 0.672 bits per heavy atom. The van der Waals surface area contributed by atoms with Crippen molar-refractivity contribution in [2.75, 3.05) is 44.6 Å². The first-order valence-corrected chi connectivity index (χ1v) is 25.8. The average Bonchev–Trinajstić information content (AvgIpc) is 4.05. The number of nitrogens with zero attached hydrogens (tertiary/aromatic N) is 7. The number of aromatic nitrogens is 4. The van der Waals surface area contributed by atoms with Crippen LogP contribution in [0.2, 0.25) is 0 Å². The second-order valence-corrected chi connectivity index (χ2v) is 22.5. The molecule has 2 saturated heterocycles. The fourth-order valence-corrected chi connectivity index (χ4v) is 11.4. The van der Waals surface area contributed by atoms with Crippen LogP contribution in [0, 0.1) is 0 Å². The van der Waals surface area contributed by atoms with Crippen molar-refractivity contribution < 1.29 is 26.4 Å². The van der Waals surface area contributed by atoms with Gasteiger partial charge in [0, 0.05) is 31.2 Å². The summed E-state index contributed by atoms with van der Waals surface area (Å²) in [5, 5.41) is 16.0. The normalized spacial score (nSPS) is 17.9. The summed E-state index contributed by atoms with van der Waals surface area (Å²) in [4.78, 5) is 31.8. The molecule has 2 aliphatic heterocycles. The zero-order valence-electron chi connectivity index (χ0n) is 37.6. The molecule has 0 atom stereocenters. The Balaban J connectivity index is 0.000000146. The van der Waals surface area contributed by atoms with E-state index in [2.05, 4.69) is 47.2 Å². The molecule has 0 spiro atoms. The van der Waals surface area contributed by atoms with Gasteiger partial charge in [-0.15, -0.1) is 0 Å². The minimum absolute atomic E-state index is 0.0748. The number of anilines is 1. The van der Waals surface area contributed by atoms with Gasteiger partial charge in [0.1, 0.15) is 0 Å². The summed E-state index contributed by atoms with van der Waals surface area (Å²) in [6, 6.07) is 6.78. The first kappa shape index (κ1) is 45.8. The molecule has 2 amide bonds. The summed E-state index contributed by atoms with van der Waals surface area (Å²) in [6.45, 7) is 14.1. The van der Waals surface area contributed by atoms with E-state index in [4.69, 9.17) is 5.14 Å². The Bertz CT molecular complexity index is 2630. The summed E-state index contributed by atoms with van der Waals surface area (Å²) in [6.07, 6.45) is 20.4. The number of sulfonamides is 2. The SMILES string of the molecule is CC(C)(CN1CCC1)n1ccc(S(=O)(=O)NC(=O)Nc2c3c(cc4c2CCC4)CCC3)n1.CC(C)(CN1CCC1)n1ccc(S(N)(=O)=O)n1.O=C=Nc1c2c(cc3c1CCC3)CCC2. The molecule has 344 valence electrons. The van der Waals surface area contributed by atoms with Gasteiger partial charge in [-0.25, -0.2) is 27.9 Å². The lowest BCUT2D eigenvalue weighted by Gasteiger charge is -2.38. The van der Waals surface area contributed by atoms with Gasteiger partial charge in [-0.3, -0.25) is 9.36 Å². The van der Waals surface area contributed by atoms with Gasteiger partial charge in [-0.05, 0) is 200 Å². The second kappa shape index (κ2) is 18.3. The Kier molecular flexibility index (Phi) is 13.1. The van der Waals surface area contributed by atoms with Crippen LogP contribution in [-0.2, 0) is 87.3 Å². The number of nitrogens with two attached hydrogens (primary N) is 1. The predicted octanol–water partition coefficient (Wildman–Crippen LogP) is 5.41. The van der Waals surface area contributed by atoms with Crippen molar-refractivity contribution in [3.63, 3.8) is 0 Å². The van der Waals surface area contributed by atoms with Gasteiger partial charge < -0.3 is 15.1 Å². The van der Waals surface area contributed by atoms with Crippen LogP contribution >= 0.6 is 0 Å². The summed E-state index contributed by atoms with van der Waals surface area (Å²) in [5.41, 5.74) is 11.6. The number of likely N-dealkylation sites (tertiary alicyclic amines) is 2. The topological polar surface area (TPSA) is 207 Å². The quantitative estimate of drug-likeness (QED) is 0.129. The molecule has 4 aromatic rings. The van der Waals surface area contributed by atoms with Crippen LogP contribution in [0.1, 0.15) is 111 Å². The van der Waals surface area contributed by atoms with E-state index in [1.165, 1.54) is 71.2 Å². The third-order valence-corrected chi connectivity index (χ3v) is 15.6. The largest absolute Gasteiger partial charge is 0.333 e. The van der Waals surface area contributed by atoms with Gasteiger partial charge in [0.2, 0.25) is 6.08 Å². The van der Waals surface area contributed by atoms with Crippen LogP contribution in [0.5, 0.6) is 0 Å². The van der Waals surface area contributed by atoms with Gasteiger partial charge in [0.15, 0.2) is 10.1 Å². The molecule has 2 aromatic carbocycles. The molecule has 0 bridgehead atoms. The first-order valence-electron chi connectivity index (χ1n) is 22.8. The molecule has 18 heteroatoms. The predicted molar refractivity (Wildman–Crippen MR) is 245 cm³/mol. The highest BCUT2D eigenvalue weighted by molar-refractivity contribution is 7.90. The number of primary sulfonamides is 1. The number of aryl methyl sites for hydroxylation is 4. The molecule has 0 unspecified atom stereocenters. The van der Waals surface area contributed by atoms with Crippen LogP contribution in [0.3, 0.4) is 0 Å². The number of rotatable bonds is 11. The Morgan fingerprint density at radius 2 is 1.09 bits per heavy atom. The van der Waals surface area contributed by atoms with Gasteiger partial charge in [-0.1, -0.05) is 12.1 Å². The molecule has 10 rings (SSSR count). The van der Waals surface area contributed by atoms with E-state index in [9.17, 15) is 26.4 Å². The Labute approximate surface area is 377 Å². The molecule has 2 fully saturated rings. The van der Waals surface area contributed by atoms with E-state index in [0.717, 1.165) is 126 Å². The van der Waals surface area contributed by atoms with Gasteiger partial charge in [0.25, 0.3) is 20.0 Å². The first-order chi connectivity index (χ1) is 30.4. The zero-order valence-corrected chi connectivity index (χ0v) is 39.2. The number of benzene rings is 2. The maximum Gasteiger partial charge on any atom is 0.333 e. The number of carbonyl (C=O) groups excluding carboxylic acids is 2. The lowest BCUT2D eigenvalue weighted by Crippen LogP contribution is -2.47. The van der Waals surface area contributed by atoms with Crippen LogP contribution in [0.4, 0.5) is 16.2 Å². The molecule has 4 heterocycles. The minimum atomic E-state index is -4.07. The van der Waals surface area contributed by atoms with Crippen LogP contribution < -0.4 is 15.2 Å². The number of carbonyl (C=O) groups is 1. The zero-order chi connectivity index (χ0) is 45.4. The van der Waals surface area contributed by atoms with E-state index in [0.29, 0.717) is 0 Å². The average molecular weight is 915 g/mol. The standard InChI is InChI=1S/C23H31N5O3S.C13H13NO.C10H18N4O2S/c1-23(2,15-27-11-5-12-27)28-13-10-20(25-28)32(30,31)26-22(29)24-21-18-8-3-6-16(18)14-17-7-4-9-19(17)21;15-8-14-13-11-5-1-3-9(11)7-10-4-2-6-12(10)13;1-10(2,8-13-5-3-6-13)14-7-4-9(12-14)17(11,15)16/h10,13-14H,3-9,11-12,15H2,1-2H3,(H2,24,26,29);7H,1-6H2;4,7H,3,5-6,8H2,1-2H3,(H2,11,15,16). The highest BCUT2D eigenvalue weighted by atomic mass is 32.2. The van der Waals surface area contributed by atoms with E-state index >= 15 is 0 Å². The van der Waals surface area contributed by atoms with Crippen LogP contribution in [0.25, 0.3) is 0 Å². The van der Waals surface area contributed by atoms with Gasteiger partial charge >= 0.3 is 6.03 Å². The molecular formula is C46H62N10O6S2. The van der Waals surface area contributed by atoms with Crippen molar-refractivity contribution in [1.82, 2.24) is 34.1 Å². The lowest BCUT2D eigenvalue weighted by molar-refractivity contribution is 0.112. The number of amides is 2. The molecule has 6 aliphatic rings. The molecule has 2 aromatic heterocycles. The van der Waals surface area contributed by atoms with Crippen molar-refractivity contribution in [1.29, 1.82) is 0 Å². The second-order valence-electron chi connectivity index (χ2n) is 19.3. The number of urea groups is 1. The molecular weight excluding hydrogens is 853 g/mol. The Morgan fingerprint density at radius 3 is 1.50 bits per heavy atom. The molecule has 4 aliphatic carbocycles. The number of fused-ring (bicyclic) bond motifs is 4. The summed E-state index contributed by atoms with van der Waals surface area (Å²) in [5.74, 6) is 0. The highest BCUT2D eigenvalue weighted by Crippen LogP contribution is 2.41. The number of hydrogen-bond donors (Lipinski definition) is 3. The molecule has 64 heavy (non-hydrogen) atoms. The maximum absolute atomic E-state index is 12.9. The van der Waals surface area contributed by atoms with Crippen LogP contribution in [-0.4, -0.2) is 97.6 Å². The fraction of sp³-hybridized carbons (Fsp3) is 0.565. The summed E-state index contributed by atoms with van der Waals surface area (Å²) < 4.78 is 53.6. The highest BCUT2D eigenvalue weighted by Gasteiger charge is 2.32. The molecule has 4 N–H and O–H groups in total. The van der Waals surface area contributed by atoms with Gasteiger partial charge in [0.05, 0.1) is 16.8 Å². The Hall–Kier alpha value is -4.71. The fourth-order valence-electron chi connectivity index (χ4n) is 10.1. The number of isocyanates is 1. The van der Waals surface area contributed by atoms with Crippen molar-refractivity contribution in [3.8, 4) is 0 Å². The number of nitrogens with one attached hydrogen (secondary N) is 2. The summed E-state index contributed by atoms with van der Waals surface area (Å²) >= 11 is 0. The van der Waals surface area contributed by atoms with Crippen molar-refractivity contribution >= 4 is 43.5 Å². The minimum Gasteiger partial charge on any atom is -0.307 e. The third-order valence-electron chi connectivity index (χ3n) is 13.6. The monoisotopic (exact) mass is 914 g/mol. The van der Waals surface area contributed by atoms with Crippen molar-refractivity contribution in [2.45, 2.75) is 139 Å². The maximum atomic E-state index is 12.9. The lowest BCUT2D eigenvalue weighted by atomic mass is 9.99. The third kappa shape index (κ3) is 9.92. The van der Waals surface area contributed by atoms with E-state index in [1.54, 1.807) is 27.8 Å². The summed E-state index contributed by atoms with van der Waals surface area (Å²) in [7, 11) is -7.78. The molecule has 0 saturated carbocycles. The molecule has 0 radical (unpaired) electrons. The smallest absolute Gasteiger partial charge is 0.307 e. The van der Waals surface area contributed by atoms with Crippen molar-refractivity contribution in [2.24, 2.45) is 10.1 Å². The van der Waals surface area contributed by atoms with Gasteiger partial charge in [-0.2, -0.15) is 23.6 Å². The molecule has 16 nitrogen and oxygen atoms in total. The number of aliphatic imine (C=N–C) groups is 1. The van der Waals surface area contributed by atoms with E-state index in [1.807, 2.05) is 27.7 Å².